The quantitative estimate of drug-likeness (QED) is 0.898. The first-order valence-electron chi connectivity index (χ1n) is 7.01. The van der Waals surface area contributed by atoms with E-state index < -0.39 is 0 Å². The van der Waals surface area contributed by atoms with Gasteiger partial charge in [0.1, 0.15) is 5.82 Å². The summed E-state index contributed by atoms with van der Waals surface area (Å²) < 4.78 is 14.5. The molecule has 1 aliphatic rings. The summed E-state index contributed by atoms with van der Waals surface area (Å²) in [5, 5.41) is 6.00. The zero-order valence-electron chi connectivity index (χ0n) is 11.7. The molecule has 1 heterocycles. The largest absolute Gasteiger partial charge is 0.352 e. The van der Waals surface area contributed by atoms with Gasteiger partial charge in [-0.3, -0.25) is 4.79 Å². The van der Waals surface area contributed by atoms with Crippen LogP contribution in [0.2, 0.25) is 0 Å². The Balaban J connectivity index is 0.00000200. The summed E-state index contributed by atoms with van der Waals surface area (Å²) in [7, 11) is 0. The third kappa shape index (κ3) is 3.93. The minimum absolute atomic E-state index is 0. The third-order valence-corrected chi connectivity index (χ3v) is 3.59. The average molecular weight is 301 g/mol. The molecule has 112 valence electrons. The molecular formula is C15H22ClFN2O. The van der Waals surface area contributed by atoms with Crippen LogP contribution in [0.15, 0.2) is 18.2 Å². The lowest BCUT2D eigenvalue weighted by Crippen LogP contribution is -2.28. The summed E-state index contributed by atoms with van der Waals surface area (Å²) in [5.41, 5.74) is 0.857. The maximum absolute atomic E-state index is 14.5. The number of rotatable bonds is 4. The van der Waals surface area contributed by atoms with Crippen molar-refractivity contribution in [2.24, 2.45) is 0 Å². The number of hydrogen-bond donors (Lipinski definition) is 2. The maximum Gasteiger partial charge on any atom is 0.254 e. The van der Waals surface area contributed by atoms with Gasteiger partial charge in [-0.05, 0) is 49.9 Å². The molecule has 0 radical (unpaired) electrons. The molecule has 20 heavy (non-hydrogen) atoms. The van der Waals surface area contributed by atoms with Gasteiger partial charge in [-0.1, -0.05) is 19.1 Å². The van der Waals surface area contributed by atoms with Crippen LogP contribution in [-0.4, -0.2) is 25.5 Å². The van der Waals surface area contributed by atoms with E-state index in [0.717, 1.165) is 32.4 Å². The number of amides is 1. The van der Waals surface area contributed by atoms with Crippen molar-refractivity contribution in [1.29, 1.82) is 0 Å². The molecule has 0 aliphatic carbocycles. The van der Waals surface area contributed by atoms with E-state index >= 15 is 0 Å². The molecule has 1 amide bonds. The summed E-state index contributed by atoms with van der Waals surface area (Å²) in [6.07, 6.45) is 2.70. The third-order valence-electron chi connectivity index (χ3n) is 3.59. The van der Waals surface area contributed by atoms with E-state index in [0.29, 0.717) is 12.1 Å². The van der Waals surface area contributed by atoms with Crippen LogP contribution >= 0.6 is 12.4 Å². The first kappa shape index (κ1) is 16.9. The van der Waals surface area contributed by atoms with Crippen LogP contribution in [-0.2, 0) is 0 Å². The summed E-state index contributed by atoms with van der Waals surface area (Å²) >= 11 is 0. The van der Waals surface area contributed by atoms with Gasteiger partial charge in [-0.15, -0.1) is 12.4 Å². The zero-order chi connectivity index (χ0) is 13.7. The fraction of sp³-hybridized carbons (Fsp3) is 0.533. The van der Waals surface area contributed by atoms with E-state index in [1.54, 1.807) is 12.1 Å². The maximum atomic E-state index is 14.5. The fourth-order valence-electron chi connectivity index (χ4n) is 2.51. The van der Waals surface area contributed by atoms with E-state index in [1.165, 1.54) is 0 Å². The van der Waals surface area contributed by atoms with Gasteiger partial charge in [-0.25, -0.2) is 4.39 Å². The van der Waals surface area contributed by atoms with Gasteiger partial charge in [0, 0.05) is 6.54 Å². The molecule has 0 saturated carbocycles. The smallest absolute Gasteiger partial charge is 0.254 e. The average Bonchev–Trinajstić information content (AvgIpc) is 2.46. The second kappa shape index (κ2) is 8.22. The Morgan fingerprint density at radius 2 is 2.10 bits per heavy atom. The van der Waals surface area contributed by atoms with Gasteiger partial charge >= 0.3 is 0 Å². The van der Waals surface area contributed by atoms with Crippen molar-refractivity contribution in [3.63, 3.8) is 0 Å². The van der Waals surface area contributed by atoms with Gasteiger partial charge in [-0.2, -0.15) is 0 Å². The molecule has 1 saturated heterocycles. The van der Waals surface area contributed by atoms with Crippen molar-refractivity contribution in [3.05, 3.63) is 35.1 Å². The van der Waals surface area contributed by atoms with Gasteiger partial charge < -0.3 is 10.6 Å². The number of piperidine rings is 1. The first-order chi connectivity index (χ1) is 9.24. The predicted molar refractivity (Wildman–Crippen MR) is 81.1 cm³/mol. The van der Waals surface area contributed by atoms with Crippen LogP contribution in [0.1, 0.15) is 48.0 Å². The molecule has 0 bridgehead atoms. The number of carbonyl (C=O) groups is 1. The Morgan fingerprint density at radius 3 is 2.75 bits per heavy atom. The minimum atomic E-state index is -0.344. The summed E-state index contributed by atoms with van der Waals surface area (Å²) in [4.78, 5) is 11.9. The van der Waals surface area contributed by atoms with Crippen molar-refractivity contribution in [1.82, 2.24) is 10.6 Å². The Hall–Kier alpha value is -1.13. The van der Waals surface area contributed by atoms with E-state index in [9.17, 15) is 9.18 Å². The SMILES string of the molecule is CCCNC(=O)c1cccc(C2CCNCC2)c1F.Cl. The van der Waals surface area contributed by atoms with Crippen molar-refractivity contribution in [2.45, 2.75) is 32.1 Å². The molecule has 0 spiro atoms. The van der Waals surface area contributed by atoms with Gasteiger partial charge in [0.15, 0.2) is 0 Å². The standard InChI is InChI=1S/C15H21FN2O.ClH/c1-2-8-18-15(19)13-5-3-4-12(14(13)16)11-6-9-17-10-7-11;/h3-5,11,17H,2,6-10H2,1H3,(H,18,19);1H. The molecule has 0 unspecified atom stereocenters. The molecule has 5 heteroatoms. The fourth-order valence-corrected chi connectivity index (χ4v) is 2.51. The predicted octanol–water partition coefficient (Wildman–Crippen LogP) is 2.85. The van der Waals surface area contributed by atoms with E-state index in [1.807, 2.05) is 13.0 Å². The molecule has 1 fully saturated rings. The number of benzene rings is 1. The van der Waals surface area contributed by atoms with Crippen LogP contribution in [0.25, 0.3) is 0 Å². The Morgan fingerprint density at radius 1 is 1.40 bits per heavy atom. The van der Waals surface area contributed by atoms with Crippen LogP contribution < -0.4 is 10.6 Å². The second-order valence-electron chi connectivity index (χ2n) is 4.99. The van der Waals surface area contributed by atoms with Crippen LogP contribution in [0.5, 0.6) is 0 Å². The van der Waals surface area contributed by atoms with E-state index in [4.69, 9.17) is 0 Å². The second-order valence-corrected chi connectivity index (χ2v) is 4.99. The highest BCUT2D eigenvalue weighted by atomic mass is 35.5. The molecule has 2 N–H and O–H groups in total. The van der Waals surface area contributed by atoms with Gasteiger partial charge in [0.2, 0.25) is 0 Å². The number of carbonyl (C=O) groups excluding carboxylic acids is 1. The van der Waals surface area contributed by atoms with Gasteiger partial charge in [0.25, 0.3) is 5.91 Å². The topological polar surface area (TPSA) is 41.1 Å². The molecule has 0 aromatic heterocycles. The molecule has 0 atom stereocenters. The van der Waals surface area contributed by atoms with Crippen molar-refractivity contribution in [2.75, 3.05) is 19.6 Å². The van der Waals surface area contributed by atoms with Crippen LogP contribution in [0.3, 0.4) is 0 Å². The number of nitrogens with one attached hydrogen (secondary N) is 2. The monoisotopic (exact) mass is 300 g/mol. The highest BCUT2D eigenvalue weighted by molar-refractivity contribution is 5.94. The van der Waals surface area contributed by atoms with Crippen molar-refractivity contribution >= 4 is 18.3 Å². The summed E-state index contributed by atoms with van der Waals surface area (Å²) in [5.74, 6) is -0.432. The Bertz CT molecular complexity index is 447. The highest BCUT2D eigenvalue weighted by Crippen LogP contribution is 2.28. The Labute approximate surface area is 125 Å². The van der Waals surface area contributed by atoms with Crippen molar-refractivity contribution < 1.29 is 9.18 Å². The molecular weight excluding hydrogens is 279 g/mol. The summed E-state index contributed by atoms with van der Waals surface area (Å²) in [6, 6.07) is 5.15. The lowest BCUT2D eigenvalue weighted by molar-refractivity contribution is 0.0949. The van der Waals surface area contributed by atoms with Gasteiger partial charge in [0.05, 0.1) is 5.56 Å². The van der Waals surface area contributed by atoms with E-state index in [2.05, 4.69) is 10.6 Å². The highest BCUT2D eigenvalue weighted by Gasteiger charge is 2.22. The first-order valence-corrected chi connectivity index (χ1v) is 7.01. The zero-order valence-corrected chi connectivity index (χ0v) is 12.6. The molecule has 1 aromatic rings. The normalized spacial score (nSPS) is 15.5. The number of hydrogen-bond acceptors (Lipinski definition) is 2. The molecule has 2 rings (SSSR count). The molecule has 1 aromatic carbocycles. The lowest BCUT2D eigenvalue weighted by Gasteiger charge is -2.23. The van der Waals surface area contributed by atoms with E-state index in [-0.39, 0.29) is 35.6 Å². The molecule has 3 nitrogen and oxygen atoms in total. The Kier molecular flexibility index (Phi) is 6.96. The minimum Gasteiger partial charge on any atom is -0.352 e. The lowest BCUT2D eigenvalue weighted by atomic mass is 9.88. The van der Waals surface area contributed by atoms with Crippen LogP contribution in [0, 0.1) is 5.82 Å². The number of halogens is 2. The molecule has 1 aliphatic heterocycles. The summed E-state index contributed by atoms with van der Waals surface area (Å²) in [6.45, 7) is 4.38. The van der Waals surface area contributed by atoms with Crippen LogP contribution in [0.4, 0.5) is 4.39 Å². The van der Waals surface area contributed by atoms with Crippen molar-refractivity contribution in [3.8, 4) is 0 Å².